The molecule has 2 aromatic carbocycles. The van der Waals surface area contributed by atoms with Crippen LogP contribution in [-0.4, -0.2) is 9.55 Å². The van der Waals surface area contributed by atoms with Gasteiger partial charge < -0.3 is 10.3 Å². The van der Waals surface area contributed by atoms with Crippen LogP contribution in [-0.2, 0) is 7.05 Å². The Balaban J connectivity index is 2.35. The van der Waals surface area contributed by atoms with Crippen LogP contribution in [0.1, 0.15) is 5.56 Å². The van der Waals surface area contributed by atoms with Crippen LogP contribution in [0.4, 0.5) is 5.69 Å². The number of para-hydroxylation sites is 2. The van der Waals surface area contributed by atoms with Crippen molar-refractivity contribution in [2.24, 2.45) is 7.05 Å². The topological polar surface area (TPSA) is 43.8 Å². The SMILES string of the molecule is Cc1cccc(-c2nc3cccc(Cl)c3n2C)c1N. The minimum Gasteiger partial charge on any atom is -0.398 e. The van der Waals surface area contributed by atoms with Crippen molar-refractivity contribution in [2.75, 3.05) is 5.73 Å². The summed E-state index contributed by atoms with van der Waals surface area (Å²) in [5, 5.41) is 0.699. The minimum atomic E-state index is 0.699. The lowest BCUT2D eigenvalue weighted by Gasteiger charge is -2.08. The van der Waals surface area contributed by atoms with Gasteiger partial charge in [-0.2, -0.15) is 0 Å². The fourth-order valence-electron chi connectivity index (χ4n) is 2.34. The second-order valence-corrected chi connectivity index (χ2v) is 5.05. The Labute approximate surface area is 116 Å². The molecule has 3 nitrogen and oxygen atoms in total. The number of rotatable bonds is 1. The molecular weight excluding hydrogens is 258 g/mol. The van der Waals surface area contributed by atoms with Crippen molar-refractivity contribution in [1.82, 2.24) is 9.55 Å². The van der Waals surface area contributed by atoms with Gasteiger partial charge in [0.15, 0.2) is 0 Å². The number of nitrogens with two attached hydrogens (primary N) is 1. The Kier molecular flexibility index (Phi) is 2.72. The first-order chi connectivity index (χ1) is 9.09. The maximum absolute atomic E-state index is 6.24. The molecular formula is C15H14ClN3. The lowest BCUT2D eigenvalue weighted by molar-refractivity contribution is 0.959. The molecule has 0 unspecified atom stereocenters. The molecule has 0 atom stereocenters. The molecule has 0 saturated carbocycles. The smallest absolute Gasteiger partial charge is 0.142 e. The third-order valence-corrected chi connectivity index (χ3v) is 3.71. The zero-order chi connectivity index (χ0) is 13.6. The molecule has 3 rings (SSSR count). The number of hydrogen-bond donors (Lipinski definition) is 1. The van der Waals surface area contributed by atoms with E-state index in [-0.39, 0.29) is 0 Å². The van der Waals surface area contributed by atoms with Gasteiger partial charge in [0, 0.05) is 18.3 Å². The summed E-state index contributed by atoms with van der Waals surface area (Å²) in [6.45, 7) is 1.99. The highest BCUT2D eigenvalue weighted by Gasteiger charge is 2.14. The number of hydrogen-bond acceptors (Lipinski definition) is 2. The summed E-state index contributed by atoms with van der Waals surface area (Å²) < 4.78 is 1.99. The fraction of sp³-hybridized carbons (Fsp3) is 0.133. The summed E-state index contributed by atoms with van der Waals surface area (Å²) >= 11 is 6.24. The number of imidazole rings is 1. The Bertz CT molecular complexity index is 774. The summed E-state index contributed by atoms with van der Waals surface area (Å²) in [5.41, 5.74) is 10.7. The molecule has 0 amide bonds. The molecule has 4 heteroatoms. The van der Waals surface area contributed by atoms with Crippen LogP contribution >= 0.6 is 11.6 Å². The van der Waals surface area contributed by atoms with Crippen LogP contribution in [0.2, 0.25) is 5.02 Å². The molecule has 0 fully saturated rings. The number of anilines is 1. The third kappa shape index (κ3) is 1.78. The third-order valence-electron chi connectivity index (χ3n) is 3.41. The second kappa shape index (κ2) is 4.28. The first kappa shape index (κ1) is 12.1. The van der Waals surface area contributed by atoms with E-state index in [4.69, 9.17) is 17.3 Å². The van der Waals surface area contributed by atoms with E-state index in [2.05, 4.69) is 4.98 Å². The first-order valence-corrected chi connectivity index (χ1v) is 6.44. The number of aromatic nitrogens is 2. The summed E-state index contributed by atoms with van der Waals surface area (Å²) in [7, 11) is 1.96. The van der Waals surface area contributed by atoms with Crippen molar-refractivity contribution in [3.05, 3.63) is 47.0 Å². The number of benzene rings is 2. The lowest BCUT2D eigenvalue weighted by Crippen LogP contribution is -1.98. The number of halogens is 1. The highest BCUT2D eigenvalue weighted by atomic mass is 35.5. The van der Waals surface area contributed by atoms with Gasteiger partial charge in [-0.1, -0.05) is 29.8 Å². The summed E-state index contributed by atoms with van der Waals surface area (Å²) in [6, 6.07) is 11.7. The average molecular weight is 272 g/mol. The molecule has 0 spiro atoms. The van der Waals surface area contributed by atoms with Crippen LogP contribution in [0, 0.1) is 6.92 Å². The van der Waals surface area contributed by atoms with Crippen LogP contribution in [0.3, 0.4) is 0 Å². The fourth-order valence-corrected chi connectivity index (χ4v) is 2.63. The summed E-state index contributed by atoms with van der Waals surface area (Å²) in [5.74, 6) is 0.837. The van der Waals surface area contributed by atoms with Crippen molar-refractivity contribution >= 4 is 28.3 Å². The number of aryl methyl sites for hydroxylation is 2. The predicted molar refractivity (Wildman–Crippen MR) is 80.3 cm³/mol. The van der Waals surface area contributed by atoms with E-state index in [0.717, 1.165) is 33.7 Å². The second-order valence-electron chi connectivity index (χ2n) is 4.64. The van der Waals surface area contributed by atoms with Crippen LogP contribution < -0.4 is 5.73 Å². The largest absolute Gasteiger partial charge is 0.398 e. The monoisotopic (exact) mass is 271 g/mol. The molecule has 19 heavy (non-hydrogen) atoms. The van der Waals surface area contributed by atoms with E-state index in [1.807, 2.05) is 54.9 Å². The van der Waals surface area contributed by atoms with E-state index >= 15 is 0 Å². The Hall–Kier alpha value is -2.00. The Morgan fingerprint density at radius 3 is 2.63 bits per heavy atom. The van der Waals surface area contributed by atoms with Gasteiger partial charge in [-0.25, -0.2) is 4.98 Å². The minimum absolute atomic E-state index is 0.699. The van der Waals surface area contributed by atoms with Crippen molar-refractivity contribution in [3.63, 3.8) is 0 Å². The predicted octanol–water partition coefficient (Wildman–Crippen LogP) is 3.78. The first-order valence-electron chi connectivity index (χ1n) is 6.06. The quantitative estimate of drug-likeness (QED) is 0.685. The molecule has 3 aromatic rings. The van der Waals surface area contributed by atoms with E-state index in [0.29, 0.717) is 5.02 Å². The normalized spacial score (nSPS) is 11.1. The number of nitrogens with zero attached hydrogens (tertiary/aromatic N) is 2. The molecule has 0 radical (unpaired) electrons. The van der Waals surface area contributed by atoms with Crippen molar-refractivity contribution < 1.29 is 0 Å². The van der Waals surface area contributed by atoms with Crippen LogP contribution in [0.25, 0.3) is 22.4 Å². The zero-order valence-electron chi connectivity index (χ0n) is 10.8. The van der Waals surface area contributed by atoms with Crippen molar-refractivity contribution in [1.29, 1.82) is 0 Å². The molecule has 0 aliphatic carbocycles. The Morgan fingerprint density at radius 2 is 1.89 bits per heavy atom. The standard InChI is InChI=1S/C15H14ClN3/c1-9-5-3-6-10(13(9)17)15-18-12-8-4-7-11(16)14(12)19(15)2/h3-8H,17H2,1-2H3. The molecule has 1 heterocycles. The van der Waals surface area contributed by atoms with Crippen LogP contribution in [0.15, 0.2) is 36.4 Å². The van der Waals surface area contributed by atoms with Gasteiger partial charge >= 0.3 is 0 Å². The average Bonchev–Trinajstić information content (AvgIpc) is 2.72. The van der Waals surface area contributed by atoms with E-state index in [9.17, 15) is 0 Å². The van der Waals surface area contributed by atoms with Gasteiger partial charge in [-0.3, -0.25) is 0 Å². The zero-order valence-corrected chi connectivity index (χ0v) is 11.6. The highest BCUT2D eigenvalue weighted by Crippen LogP contribution is 2.32. The maximum Gasteiger partial charge on any atom is 0.142 e. The lowest BCUT2D eigenvalue weighted by atomic mass is 10.1. The molecule has 1 aromatic heterocycles. The maximum atomic E-state index is 6.24. The Morgan fingerprint density at radius 1 is 1.16 bits per heavy atom. The molecule has 0 aliphatic heterocycles. The van der Waals surface area contributed by atoms with E-state index < -0.39 is 0 Å². The number of fused-ring (bicyclic) bond motifs is 1. The molecule has 0 bridgehead atoms. The van der Waals surface area contributed by atoms with Gasteiger partial charge in [-0.15, -0.1) is 0 Å². The van der Waals surface area contributed by atoms with Gasteiger partial charge in [0.05, 0.1) is 16.1 Å². The number of nitrogen functional groups attached to an aromatic ring is 1. The summed E-state index contributed by atoms with van der Waals surface area (Å²) in [6.07, 6.45) is 0. The molecule has 96 valence electrons. The summed E-state index contributed by atoms with van der Waals surface area (Å²) in [4.78, 5) is 4.64. The van der Waals surface area contributed by atoms with E-state index in [1.165, 1.54) is 0 Å². The van der Waals surface area contributed by atoms with Gasteiger partial charge in [0.25, 0.3) is 0 Å². The highest BCUT2D eigenvalue weighted by molar-refractivity contribution is 6.35. The van der Waals surface area contributed by atoms with Crippen LogP contribution in [0.5, 0.6) is 0 Å². The van der Waals surface area contributed by atoms with Crippen molar-refractivity contribution in [3.8, 4) is 11.4 Å². The van der Waals surface area contributed by atoms with Crippen molar-refractivity contribution in [2.45, 2.75) is 6.92 Å². The van der Waals surface area contributed by atoms with Gasteiger partial charge in [-0.05, 0) is 30.7 Å². The molecule has 0 aliphatic rings. The van der Waals surface area contributed by atoms with Gasteiger partial charge in [0.1, 0.15) is 5.82 Å². The van der Waals surface area contributed by atoms with Gasteiger partial charge in [0.2, 0.25) is 0 Å². The molecule has 0 saturated heterocycles. The van der Waals surface area contributed by atoms with E-state index in [1.54, 1.807) is 0 Å². The molecule has 2 N–H and O–H groups in total.